The maximum Gasteiger partial charge on any atom is 0.0714 e. The Morgan fingerprint density at radius 3 is 3.00 bits per heavy atom. The quantitative estimate of drug-likeness (QED) is 0.434. The smallest absolute Gasteiger partial charge is 0.0714 e. The zero-order valence-electron chi connectivity index (χ0n) is 5.06. The van der Waals surface area contributed by atoms with Crippen molar-refractivity contribution < 1.29 is 1.37 Å². The highest BCUT2D eigenvalue weighted by molar-refractivity contribution is 7.47. The molecular formula is C6H3NS. The van der Waals surface area contributed by atoms with Crippen LogP contribution in [-0.4, -0.2) is 0 Å². The van der Waals surface area contributed by atoms with Crippen molar-refractivity contribution in [1.29, 1.82) is 0 Å². The lowest BCUT2D eigenvalue weighted by molar-refractivity contribution is 1.80. The Balaban J connectivity index is 3.90. The van der Waals surface area contributed by atoms with Gasteiger partial charge in [0, 0.05) is 5.92 Å². The molecule has 0 saturated heterocycles. The molecule has 0 unspecified atom stereocenters. The fourth-order valence-electron chi connectivity index (χ4n) is 0.126. The molecule has 1 nitrogen and oxygen atoms in total. The molecule has 2 heteroatoms. The molecule has 0 aromatic rings. The second-order valence-electron chi connectivity index (χ2n) is 0.755. The average molecular weight is 122 g/mol. The van der Waals surface area contributed by atoms with Gasteiger partial charge in [0.15, 0.2) is 0 Å². The fraction of sp³-hybridized carbons (Fsp3) is 0. The monoisotopic (exact) mass is 122 g/mol. The van der Waals surface area contributed by atoms with Gasteiger partial charge in [-0.3, -0.25) is 0 Å². The van der Waals surface area contributed by atoms with Gasteiger partial charge in [0.05, 0.1) is 19.8 Å². The van der Waals surface area contributed by atoms with Gasteiger partial charge in [-0.2, -0.15) is 0 Å². The molecule has 0 N–H and O–H groups in total. The third kappa shape index (κ3) is 4.88. The first-order valence-electron chi connectivity index (χ1n) is 2.26. The molecule has 0 heterocycles. The number of nitrogens with zero attached hydrogens (tertiary/aromatic N) is 1. The van der Waals surface area contributed by atoms with Crippen LogP contribution in [0.3, 0.4) is 0 Å². The van der Waals surface area contributed by atoms with Crippen LogP contribution in [0, 0.1) is 23.8 Å². The van der Waals surface area contributed by atoms with Crippen LogP contribution in [0.15, 0.2) is 17.0 Å². The molecule has 0 aromatic carbocycles. The van der Waals surface area contributed by atoms with Crippen LogP contribution in [0.5, 0.6) is 0 Å². The first kappa shape index (κ1) is 5.03. The summed E-state index contributed by atoms with van der Waals surface area (Å²) in [5.41, 5.74) is 0. The number of hydrogen-bond acceptors (Lipinski definition) is 2. The molecule has 0 aromatic heterocycles. The first-order valence-corrected chi connectivity index (χ1v) is 2.12. The molecule has 8 heavy (non-hydrogen) atoms. The van der Waals surface area contributed by atoms with Crippen molar-refractivity contribution >= 4 is 12.4 Å². The molecule has 0 spiro atoms. The molecule has 0 atom stereocenters. The Bertz CT molecular complexity index is 235. The van der Waals surface area contributed by atoms with E-state index in [-0.39, 0.29) is 6.05 Å². The van der Waals surface area contributed by atoms with Crippen molar-refractivity contribution in [2.24, 2.45) is 4.36 Å². The molecule has 0 aliphatic rings. The molecule has 38 valence electrons. The van der Waals surface area contributed by atoms with Crippen molar-refractivity contribution in [3.63, 3.8) is 0 Å². The summed E-state index contributed by atoms with van der Waals surface area (Å²) in [5.74, 6) is 6.95. The minimum Gasteiger partial charge on any atom is -0.128 e. The van der Waals surface area contributed by atoms with E-state index in [1.165, 1.54) is 0 Å². The summed E-state index contributed by atoms with van der Waals surface area (Å²) in [6, 6.07) is 2.23. The maximum absolute atomic E-state index is 6.72. The van der Waals surface area contributed by atoms with Gasteiger partial charge in [-0.25, -0.2) is 0 Å². The number of rotatable bonds is 0. The van der Waals surface area contributed by atoms with Gasteiger partial charge in [0.25, 0.3) is 0 Å². The summed E-state index contributed by atoms with van der Waals surface area (Å²) >= 11 is 4.15. The topological polar surface area (TPSA) is 12.4 Å². The number of allylic oxidation sites excluding steroid dienone is 1. The lowest BCUT2D eigenvalue weighted by Gasteiger charge is -1.53. The Morgan fingerprint density at radius 1 is 1.75 bits per heavy atom. The van der Waals surface area contributed by atoms with E-state index < -0.39 is 0 Å². The van der Waals surface area contributed by atoms with Crippen LogP contribution < -0.4 is 0 Å². The third-order valence-electron chi connectivity index (χ3n) is 0.315. The second kappa shape index (κ2) is 5.88. The Kier molecular flexibility index (Phi) is 3.69. The predicted octanol–water partition coefficient (Wildman–Crippen LogP) is 0.867. The summed E-state index contributed by atoms with van der Waals surface area (Å²) in [6.07, 6.45) is 0. The highest BCUT2D eigenvalue weighted by Gasteiger charge is 1.50. The van der Waals surface area contributed by atoms with E-state index in [4.69, 9.17) is 1.37 Å². The second-order valence-corrected chi connectivity index (χ2v) is 0.937. The van der Waals surface area contributed by atoms with Gasteiger partial charge >= 0.3 is 0 Å². The van der Waals surface area contributed by atoms with E-state index >= 15 is 0 Å². The van der Waals surface area contributed by atoms with E-state index in [2.05, 4.69) is 47.2 Å². The summed E-state index contributed by atoms with van der Waals surface area (Å²) in [4.78, 5) is 0. The van der Waals surface area contributed by atoms with Crippen LogP contribution in [0.4, 0.5) is 0 Å². The highest BCUT2D eigenvalue weighted by atomic mass is 32.1. The normalized spacial score (nSPS) is 6.25. The lowest BCUT2D eigenvalue weighted by atomic mass is 10.6. The van der Waals surface area contributed by atoms with Gasteiger partial charge in [0.2, 0.25) is 0 Å². The number of hydrogen-bond donors (Lipinski definition) is 0. The van der Waals surface area contributed by atoms with Crippen molar-refractivity contribution in [3.05, 3.63) is 12.6 Å². The zero-order chi connectivity index (χ0) is 7.11. The van der Waals surface area contributed by atoms with Crippen LogP contribution in [-0.2, 0) is 12.4 Å². The van der Waals surface area contributed by atoms with Gasteiger partial charge in [-0.15, -0.1) is 4.36 Å². The minimum atomic E-state index is 0.0358. The molecule has 0 aliphatic carbocycles. The average Bonchev–Trinajstić information content (AvgIpc) is 1.80. The van der Waals surface area contributed by atoms with E-state index in [0.717, 1.165) is 0 Å². The van der Waals surface area contributed by atoms with E-state index in [9.17, 15) is 0 Å². The maximum atomic E-state index is 6.72. The van der Waals surface area contributed by atoms with Crippen LogP contribution in [0.2, 0.25) is 0 Å². The van der Waals surface area contributed by atoms with Gasteiger partial charge in [-0.1, -0.05) is 12.5 Å². The summed E-state index contributed by atoms with van der Waals surface area (Å²) in [6.45, 7) is 3.22. The van der Waals surface area contributed by atoms with E-state index in [0.29, 0.717) is 0 Å². The summed E-state index contributed by atoms with van der Waals surface area (Å²) in [7, 11) is 0. The zero-order valence-corrected chi connectivity index (χ0v) is 4.88. The van der Waals surface area contributed by atoms with Gasteiger partial charge < -0.3 is 0 Å². The SMILES string of the molecule is [2H]C(=C)C#CC#CN=S. The minimum absolute atomic E-state index is 0.0358. The summed E-state index contributed by atoms with van der Waals surface area (Å²) < 4.78 is 9.78. The third-order valence-corrected chi connectivity index (χ3v) is 0.406. The molecule has 0 amide bonds. The van der Waals surface area contributed by atoms with Gasteiger partial charge in [0.1, 0.15) is 0 Å². The summed E-state index contributed by atoms with van der Waals surface area (Å²) in [5, 5.41) is 0. The standard InChI is InChI=1S/C6H3NS/c1-2-3-4-5-6-7-8/h2H,1H2/i2D. The van der Waals surface area contributed by atoms with Crippen molar-refractivity contribution in [2.75, 3.05) is 0 Å². The van der Waals surface area contributed by atoms with Crippen LogP contribution >= 0.6 is 0 Å². The van der Waals surface area contributed by atoms with Crippen LogP contribution in [0.1, 0.15) is 1.37 Å². The molecule has 0 fully saturated rings. The molecular weight excluding hydrogens is 118 g/mol. The van der Waals surface area contributed by atoms with Gasteiger partial charge in [-0.05, 0) is 12.0 Å². The molecule has 0 rings (SSSR count). The largest absolute Gasteiger partial charge is 0.128 e. The Morgan fingerprint density at radius 2 is 2.50 bits per heavy atom. The molecule has 0 radical (unpaired) electrons. The van der Waals surface area contributed by atoms with Crippen LogP contribution in [0.25, 0.3) is 0 Å². The predicted molar refractivity (Wildman–Crippen MR) is 35.5 cm³/mol. The lowest BCUT2D eigenvalue weighted by Crippen LogP contribution is -1.47. The fourth-order valence-corrected chi connectivity index (χ4v) is 0.172. The Hall–Kier alpha value is -1.12. The highest BCUT2D eigenvalue weighted by Crippen LogP contribution is 1.56. The van der Waals surface area contributed by atoms with Crippen molar-refractivity contribution in [2.45, 2.75) is 0 Å². The van der Waals surface area contributed by atoms with E-state index in [1.807, 2.05) is 0 Å². The van der Waals surface area contributed by atoms with E-state index in [1.54, 1.807) is 0 Å². The van der Waals surface area contributed by atoms with Crippen molar-refractivity contribution in [1.82, 2.24) is 0 Å². The molecule has 0 saturated carbocycles. The molecule has 0 aliphatic heterocycles. The van der Waals surface area contributed by atoms with Crippen molar-refractivity contribution in [3.8, 4) is 23.8 Å². The first-order chi connectivity index (χ1) is 4.27. The molecule has 0 bridgehead atoms. The Labute approximate surface area is 55.4 Å².